The number of benzene rings is 1. The molecule has 3 heteroatoms. The van der Waals surface area contributed by atoms with Gasteiger partial charge in [-0.2, -0.15) is 0 Å². The quantitative estimate of drug-likeness (QED) is 0.750. The molecular weight excluding hydrogens is 217 g/mol. The van der Waals surface area contributed by atoms with Crippen LogP contribution >= 0.6 is 0 Å². The van der Waals surface area contributed by atoms with E-state index in [0.29, 0.717) is 0 Å². The highest BCUT2D eigenvalue weighted by Gasteiger charge is 2.18. The van der Waals surface area contributed by atoms with Crippen LogP contribution in [0.4, 0.5) is 4.39 Å². The Morgan fingerprint density at radius 1 is 1.41 bits per heavy atom. The molecule has 1 aliphatic heterocycles. The molecule has 1 saturated heterocycles. The molecule has 0 spiro atoms. The Morgan fingerprint density at radius 2 is 2.12 bits per heavy atom. The van der Waals surface area contributed by atoms with Crippen molar-refractivity contribution in [1.29, 1.82) is 0 Å². The van der Waals surface area contributed by atoms with Crippen LogP contribution in [0, 0.1) is 18.7 Å². The Kier molecular flexibility index (Phi) is 3.89. The van der Waals surface area contributed by atoms with E-state index in [1.54, 1.807) is 6.07 Å². The van der Waals surface area contributed by atoms with Crippen molar-refractivity contribution < 1.29 is 9.18 Å². The summed E-state index contributed by atoms with van der Waals surface area (Å²) in [5, 5.41) is 0. The van der Waals surface area contributed by atoms with Crippen LogP contribution < -0.4 is 0 Å². The summed E-state index contributed by atoms with van der Waals surface area (Å²) in [5.74, 6) is 0.0493. The molecule has 0 N–H and O–H groups in total. The second kappa shape index (κ2) is 5.41. The number of carbonyl (C=O) groups excluding carboxylic acids is 1. The van der Waals surface area contributed by atoms with Crippen LogP contribution in [0.1, 0.15) is 24.0 Å². The molecule has 0 amide bonds. The highest BCUT2D eigenvalue weighted by atomic mass is 19.1. The van der Waals surface area contributed by atoms with Gasteiger partial charge in [0.2, 0.25) is 0 Å². The van der Waals surface area contributed by atoms with Gasteiger partial charge in [0.25, 0.3) is 0 Å². The summed E-state index contributed by atoms with van der Waals surface area (Å²) in [7, 11) is 0. The summed E-state index contributed by atoms with van der Waals surface area (Å²) >= 11 is 0. The minimum Gasteiger partial charge on any atom is -0.303 e. The molecule has 0 bridgehead atoms. The standard InChI is InChI=1S/C14H18FNO/c1-11-2-3-14(15)8-13(11)9-16-6-4-12(10-17)5-7-16/h2-3,8,10,12H,4-7,9H2,1H3. The van der Waals surface area contributed by atoms with Crippen LogP contribution in [-0.2, 0) is 11.3 Å². The van der Waals surface area contributed by atoms with Crippen molar-refractivity contribution in [1.82, 2.24) is 4.90 Å². The minimum absolute atomic E-state index is 0.173. The van der Waals surface area contributed by atoms with E-state index in [2.05, 4.69) is 4.90 Å². The van der Waals surface area contributed by atoms with Crippen molar-refractivity contribution in [2.45, 2.75) is 26.3 Å². The van der Waals surface area contributed by atoms with E-state index in [4.69, 9.17) is 0 Å². The average molecular weight is 235 g/mol. The third-order valence-corrected chi connectivity index (χ3v) is 3.53. The number of halogens is 1. The molecule has 0 aliphatic carbocycles. The average Bonchev–Trinajstić information content (AvgIpc) is 2.35. The summed E-state index contributed by atoms with van der Waals surface area (Å²) in [4.78, 5) is 12.9. The van der Waals surface area contributed by atoms with Crippen LogP contribution in [0.15, 0.2) is 18.2 Å². The molecule has 0 saturated carbocycles. The number of hydrogen-bond acceptors (Lipinski definition) is 2. The summed E-state index contributed by atoms with van der Waals surface area (Å²) in [6.07, 6.45) is 2.92. The summed E-state index contributed by atoms with van der Waals surface area (Å²) in [6.45, 7) is 4.65. The zero-order valence-corrected chi connectivity index (χ0v) is 10.2. The van der Waals surface area contributed by atoms with E-state index in [-0.39, 0.29) is 11.7 Å². The van der Waals surface area contributed by atoms with Gasteiger partial charge in [-0.15, -0.1) is 0 Å². The first-order chi connectivity index (χ1) is 8.19. The fourth-order valence-corrected chi connectivity index (χ4v) is 2.30. The van der Waals surface area contributed by atoms with Gasteiger partial charge in [-0.3, -0.25) is 4.90 Å². The van der Waals surface area contributed by atoms with Gasteiger partial charge in [-0.05, 0) is 56.1 Å². The van der Waals surface area contributed by atoms with Gasteiger partial charge in [-0.1, -0.05) is 6.07 Å². The molecule has 1 aliphatic rings. The van der Waals surface area contributed by atoms with Crippen LogP contribution in [0.25, 0.3) is 0 Å². The maximum Gasteiger partial charge on any atom is 0.123 e. The minimum atomic E-state index is -0.173. The Morgan fingerprint density at radius 3 is 2.76 bits per heavy atom. The second-order valence-electron chi connectivity index (χ2n) is 4.82. The van der Waals surface area contributed by atoms with Gasteiger partial charge in [0, 0.05) is 12.5 Å². The zero-order valence-electron chi connectivity index (χ0n) is 10.2. The molecular formula is C14H18FNO. The molecule has 0 aromatic heterocycles. The first-order valence-corrected chi connectivity index (χ1v) is 6.11. The molecule has 0 atom stereocenters. The molecule has 0 radical (unpaired) electrons. The van der Waals surface area contributed by atoms with Gasteiger partial charge in [-0.25, -0.2) is 4.39 Å². The van der Waals surface area contributed by atoms with Crippen LogP contribution in [0.2, 0.25) is 0 Å². The number of nitrogens with zero attached hydrogens (tertiary/aromatic N) is 1. The topological polar surface area (TPSA) is 20.3 Å². The number of carbonyl (C=O) groups is 1. The summed E-state index contributed by atoms with van der Waals surface area (Å²) in [6, 6.07) is 4.93. The maximum absolute atomic E-state index is 13.2. The molecule has 1 aromatic carbocycles. The van der Waals surface area contributed by atoms with E-state index in [1.165, 1.54) is 6.07 Å². The highest BCUT2D eigenvalue weighted by Crippen LogP contribution is 2.19. The molecule has 1 fully saturated rings. The van der Waals surface area contributed by atoms with Gasteiger partial charge < -0.3 is 4.79 Å². The lowest BCUT2D eigenvalue weighted by atomic mass is 9.98. The van der Waals surface area contributed by atoms with Crippen LogP contribution in [0.5, 0.6) is 0 Å². The molecule has 0 unspecified atom stereocenters. The number of aldehydes is 1. The lowest BCUT2D eigenvalue weighted by Gasteiger charge is -2.29. The zero-order chi connectivity index (χ0) is 12.3. The normalized spacial score (nSPS) is 18.2. The monoisotopic (exact) mass is 235 g/mol. The largest absolute Gasteiger partial charge is 0.303 e. The lowest BCUT2D eigenvalue weighted by molar-refractivity contribution is -0.112. The van der Waals surface area contributed by atoms with Gasteiger partial charge in [0.15, 0.2) is 0 Å². The number of piperidine rings is 1. The molecule has 17 heavy (non-hydrogen) atoms. The van der Waals surface area contributed by atoms with Crippen molar-refractivity contribution in [3.8, 4) is 0 Å². The smallest absolute Gasteiger partial charge is 0.123 e. The Bertz CT molecular complexity index is 397. The van der Waals surface area contributed by atoms with E-state index >= 15 is 0 Å². The van der Waals surface area contributed by atoms with Crippen molar-refractivity contribution in [3.05, 3.63) is 35.1 Å². The number of hydrogen-bond donors (Lipinski definition) is 0. The third-order valence-electron chi connectivity index (χ3n) is 3.53. The molecule has 1 aromatic rings. The summed E-state index contributed by atoms with van der Waals surface area (Å²) < 4.78 is 13.2. The number of rotatable bonds is 3. The van der Waals surface area contributed by atoms with Gasteiger partial charge >= 0.3 is 0 Å². The Balaban J connectivity index is 1.97. The van der Waals surface area contributed by atoms with Crippen LogP contribution in [-0.4, -0.2) is 24.3 Å². The second-order valence-corrected chi connectivity index (χ2v) is 4.82. The molecule has 2 nitrogen and oxygen atoms in total. The van der Waals surface area contributed by atoms with E-state index in [9.17, 15) is 9.18 Å². The Labute approximate surface area is 101 Å². The summed E-state index contributed by atoms with van der Waals surface area (Å²) in [5.41, 5.74) is 2.18. The highest BCUT2D eigenvalue weighted by molar-refractivity contribution is 5.53. The first kappa shape index (κ1) is 12.2. The first-order valence-electron chi connectivity index (χ1n) is 6.11. The Hall–Kier alpha value is -1.22. The fourth-order valence-electron chi connectivity index (χ4n) is 2.30. The third kappa shape index (κ3) is 3.13. The SMILES string of the molecule is Cc1ccc(F)cc1CN1CCC(C=O)CC1. The predicted octanol–water partition coefficient (Wildman–Crippen LogP) is 2.55. The maximum atomic E-state index is 13.2. The van der Waals surface area contributed by atoms with E-state index in [0.717, 1.165) is 49.9 Å². The van der Waals surface area contributed by atoms with Crippen molar-refractivity contribution in [2.75, 3.05) is 13.1 Å². The van der Waals surface area contributed by atoms with Crippen molar-refractivity contribution in [2.24, 2.45) is 5.92 Å². The fraction of sp³-hybridized carbons (Fsp3) is 0.500. The molecule has 1 heterocycles. The lowest BCUT2D eigenvalue weighted by Crippen LogP contribution is -2.33. The van der Waals surface area contributed by atoms with Gasteiger partial charge in [0.1, 0.15) is 12.1 Å². The van der Waals surface area contributed by atoms with Gasteiger partial charge in [0.05, 0.1) is 0 Å². The van der Waals surface area contributed by atoms with Crippen molar-refractivity contribution >= 4 is 6.29 Å². The number of likely N-dealkylation sites (tertiary alicyclic amines) is 1. The van der Waals surface area contributed by atoms with Crippen LogP contribution in [0.3, 0.4) is 0 Å². The molecule has 92 valence electrons. The van der Waals surface area contributed by atoms with E-state index in [1.807, 2.05) is 13.0 Å². The predicted molar refractivity (Wildman–Crippen MR) is 65.2 cm³/mol. The molecule has 2 rings (SSSR count). The van der Waals surface area contributed by atoms with E-state index < -0.39 is 0 Å². The number of aryl methyl sites for hydroxylation is 1. The van der Waals surface area contributed by atoms with Crippen molar-refractivity contribution in [3.63, 3.8) is 0 Å².